The van der Waals surface area contributed by atoms with Gasteiger partial charge in [-0.05, 0) is 53.9 Å². The highest BCUT2D eigenvalue weighted by atomic mass is 32.2. The highest BCUT2D eigenvalue weighted by Gasteiger charge is 2.35. The predicted octanol–water partition coefficient (Wildman–Crippen LogP) is 4.69. The van der Waals surface area contributed by atoms with E-state index in [1.165, 1.54) is 17.8 Å². The summed E-state index contributed by atoms with van der Waals surface area (Å²) in [4.78, 5) is 12.7. The Balaban J connectivity index is 1.87. The van der Waals surface area contributed by atoms with Crippen molar-refractivity contribution in [3.8, 4) is 0 Å². The summed E-state index contributed by atoms with van der Waals surface area (Å²) in [5.41, 5.74) is 2.12. The van der Waals surface area contributed by atoms with E-state index < -0.39 is 11.6 Å². The van der Waals surface area contributed by atoms with E-state index in [1.807, 2.05) is 31.3 Å². The van der Waals surface area contributed by atoms with Gasteiger partial charge in [0.2, 0.25) is 0 Å². The summed E-state index contributed by atoms with van der Waals surface area (Å²) in [7, 11) is 3.47. The van der Waals surface area contributed by atoms with Gasteiger partial charge < -0.3 is 19.9 Å². The fourth-order valence-corrected chi connectivity index (χ4v) is 4.63. The molecule has 1 saturated heterocycles. The lowest BCUT2D eigenvalue weighted by molar-refractivity contribution is -0.136. The van der Waals surface area contributed by atoms with Crippen LogP contribution in [0.25, 0.3) is 0 Å². The summed E-state index contributed by atoms with van der Waals surface area (Å²) in [6.45, 7) is 1.18. The van der Waals surface area contributed by atoms with Crippen LogP contribution in [-0.4, -0.2) is 38.4 Å². The quantitative estimate of drug-likeness (QED) is 0.647. The van der Waals surface area contributed by atoms with Crippen molar-refractivity contribution in [2.24, 2.45) is 0 Å². The van der Waals surface area contributed by atoms with Gasteiger partial charge in [0.05, 0.1) is 5.60 Å². The maximum absolute atomic E-state index is 14.4. The van der Waals surface area contributed by atoms with Crippen LogP contribution in [0.5, 0.6) is 0 Å². The van der Waals surface area contributed by atoms with Crippen molar-refractivity contribution in [3.63, 3.8) is 0 Å². The van der Waals surface area contributed by atoms with Gasteiger partial charge in [0, 0.05) is 62.1 Å². The SMILES string of the molecule is CNc1ccc(Sc2cc(F)cc(C3(OC)CCOCC3)c2)cc1CCC(=O)O. The Morgan fingerprint density at radius 3 is 2.66 bits per heavy atom. The van der Waals surface area contributed by atoms with Crippen LogP contribution >= 0.6 is 11.8 Å². The Morgan fingerprint density at radius 2 is 2.00 bits per heavy atom. The van der Waals surface area contributed by atoms with E-state index in [9.17, 15) is 9.18 Å². The van der Waals surface area contributed by atoms with E-state index in [1.54, 1.807) is 13.2 Å². The summed E-state index contributed by atoms with van der Waals surface area (Å²) in [6, 6.07) is 10.9. The van der Waals surface area contributed by atoms with Crippen molar-refractivity contribution < 1.29 is 23.8 Å². The van der Waals surface area contributed by atoms with Gasteiger partial charge in [-0.3, -0.25) is 4.79 Å². The van der Waals surface area contributed by atoms with Crippen molar-refractivity contribution in [3.05, 3.63) is 53.3 Å². The number of methoxy groups -OCH3 is 1. The van der Waals surface area contributed by atoms with Crippen LogP contribution in [0.3, 0.4) is 0 Å². The first kappa shape index (κ1) is 21.6. The lowest BCUT2D eigenvalue weighted by atomic mass is 9.86. The first-order valence-corrected chi connectivity index (χ1v) is 10.4. The second-order valence-corrected chi connectivity index (χ2v) is 8.20. The van der Waals surface area contributed by atoms with Crippen LogP contribution in [0.15, 0.2) is 46.2 Å². The Morgan fingerprint density at radius 1 is 1.24 bits per heavy atom. The zero-order valence-corrected chi connectivity index (χ0v) is 17.5. The first-order valence-electron chi connectivity index (χ1n) is 9.60. The number of aliphatic carboxylic acids is 1. The number of rotatable bonds is 8. The molecule has 156 valence electrons. The molecule has 29 heavy (non-hydrogen) atoms. The van der Waals surface area contributed by atoms with Gasteiger partial charge in [0.15, 0.2) is 0 Å². The lowest BCUT2D eigenvalue weighted by Gasteiger charge is -2.36. The molecule has 3 rings (SSSR count). The Hall–Kier alpha value is -2.09. The molecule has 1 fully saturated rings. The molecule has 0 saturated carbocycles. The zero-order valence-electron chi connectivity index (χ0n) is 16.7. The van der Waals surface area contributed by atoms with Crippen LogP contribution < -0.4 is 5.32 Å². The molecule has 1 heterocycles. The van der Waals surface area contributed by atoms with Crippen LogP contribution in [0.1, 0.15) is 30.4 Å². The van der Waals surface area contributed by atoms with Gasteiger partial charge in [-0.1, -0.05) is 11.8 Å². The molecule has 0 spiro atoms. The molecule has 5 nitrogen and oxygen atoms in total. The first-order chi connectivity index (χ1) is 14.0. The number of ether oxygens (including phenoxy) is 2. The summed E-state index contributed by atoms with van der Waals surface area (Å²) in [6.07, 6.45) is 1.87. The average molecular weight is 420 g/mol. The van der Waals surface area contributed by atoms with Crippen molar-refractivity contribution in [1.82, 2.24) is 0 Å². The molecule has 7 heteroatoms. The number of benzene rings is 2. The molecule has 1 aliphatic rings. The number of hydrogen-bond acceptors (Lipinski definition) is 5. The Kier molecular flexibility index (Phi) is 7.16. The maximum atomic E-state index is 14.4. The number of hydrogen-bond donors (Lipinski definition) is 2. The van der Waals surface area contributed by atoms with Crippen molar-refractivity contribution in [1.29, 1.82) is 0 Å². The zero-order chi connectivity index (χ0) is 20.9. The number of carboxylic acid groups (broad SMARTS) is 1. The van der Waals surface area contributed by atoms with Crippen molar-refractivity contribution in [2.45, 2.75) is 41.1 Å². The average Bonchev–Trinajstić information content (AvgIpc) is 2.72. The number of carbonyl (C=O) groups is 1. The molecule has 0 aliphatic carbocycles. The van der Waals surface area contributed by atoms with Crippen molar-refractivity contribution in [2.75, 3.05) is 32.7 Å². The largest absolute Gasteiger partial charge is 0.481 e. The van der Waals surface area contributed by atoms with Crippen LogP contribution in [0.2, 0.25) is 0 Å². The van der Waals surface area contributed by atoms with E-state index in [0.29, 0.717) is 32.5 Å². The van der Waals surface area contributed by atoms with Gasteiger partial charge in [-0.2, -0.15) is 0 Å². The minimum Gasteiger partial charge on any atom is -0.481 e. The summed E-state index contributed by atoms with van der Waals surface area (Å²) in [5.74, 6) is -1.13. The fourth-order valence-electron chi connectivity index (χ4n) is 3.66. The number of carboxylic acids is 1. The van der Waals surface area contributed by atoms with Crippen molar-refractivity contribution >= 4 is 23.4 Å². The number of nitrogens with one attached hydrogen (secondary N) is 1. The standard InChI is InChI=1S/C22H26FNO4S/c1-24-20-5-4-18(11-15(20)3-6-21(25)26)29-19-13-16(12-17(23)14-19)22(27-2)7-9-28-10-8-22/h4-5,11-14,24H,3,6-10H2,1-2H3,(H,25,26). The molecule has 0 aromatic heterocycles. The molecule has 0 bridgehead atoms. The third kappa shape index (κ3) is 5.29. The third-order valence-corrected chi connectivity index (χ3v) is 6.24. The van der Waals surface area contributed by atoms with E-state index >= 15 is 0 Å². The normalized spacial score (nSPS) is 15.8. The number of anilines is 1. The minimum absolute atomic E-state index is 0.0609. The molecule has 2 aromatic carbocycles. The lowest BCUT2D eigenvalue weighted by Crippen LogP contribution is -2.35. The molecule has 0 atom stereocenters. The minimum atomic E-state index is -0.832. The summed E-state index contributed by atoms with van der Waals surface area (Å²) >= 11 is 1.45. The van der Waals surface area contributed by atoms with Gasteiger partial charge in [0.1, 0.15) is 5.82 Å². The fraction of sp³-hybridized carbons (Fsp3) is 0.409. The van der Waals surface area contributed by atoms with E-state index in [2.05, 4.69) is 5.32 Å². The molecule has 0 radical (unpaired) electrons. The molecule has 2 aromatic rings. The van der Waals surface area contributed by atoms with Gasteiger partial charge in [-0.25, -0.2) is 4.39 Å². The predicted molar refractivity (Wildman–Crippen MR) is 111 cm³/mol. The topological polar surface area (TPSA) is 67.8 Å². The second kappa shape index (κ2) is 9.61. The smallest absolute Gasteiger partial charge is 0.303 e. The highest BCUT2D eigenvalue weighted by Crippen LogP contribution is 2.39. The van der Waals surface area contributed by atoms with Crippen LogP contribution in [0, 0.1) is 5.82 Å². The van der Waals surface area contributed by atoms with Crippen LogP contribution in [0.4, 0.5) is 10.1 Å². The molecule has 0 unspecified atom stereocenters. The van der Waals surface area contributed by atoms with Gasteiger partial charge >= 0.3 is 5.97 Å². The summed E-state index contributed by atoms with van der Waals surface area (Å²) < 4.78 is 25.7. The van der Waals surface area contributed by atoms with E-state index in [-0.39, 0.29) is 12.2 Å². The number of aryl methyl sites for hydroxylation is 1. The maximum Gasteiger partial charge on any atom is 0.303 e. The molecule has 2 N–H and O–H groups in total. The van der Waals surface area contributed by atoms with Gasteiger partial charge in [0.25, 0.3) is 0 Å². The van der Waals surface area contributed by atoms with Gasteiger partial charge in [-0.15, -0.1) is 0 Å². The molecular formula is C22H26FNO4S. The summed E-state index contributed by atoms with van der Waals surface area (Å²) in [5, 5.41) is 12.1. The van der Waals surface area contributed by atoms with Crippen LogP contribution in [-0.2, 0) is 26.3 Å². The Labute approximate surface area is 174 Å². The second-order valence-electron chi connectivity index (χ2n) is 7.05. The van der Waals surface area contributed by atoms with E-state index in [0.717, 1.165) is 26.6 Å². The molecule has 0 amide bonds. The Bertz CT molecular complexity index is 868. The monoisotopic (exact) mass is 419 g/mol. The number of halogens is 1. The highest BCUT2D eigenvalue weighted by molar-refractivity contribution is 7.99. The molecular weight excluding hydrogens is 393 g/mol. The molecule has 1 aliphatic heterocycles. The van der Waals surface area contributed by atoms with E-state index in [4.69, 9.17) is 14.6 Å². The third-order valence-electron chi connectivity index (χ3n) is 5.28.